The van der Waals surface area contributed by atoms with Gasteiger partial charge in [-0.3, -0.25) is 0 Å². The Labute approximate surface area is 120 Å². The van der Waals surface area contributed by atoms with Crippen LogP contribution in [0.3, 0.4) is 0 Å². The van der Waals surface area contributed by atoms with Crippen LogP contribution >= 0.6 is 15.9 Å². The summed E-state index contributed by atoms with van der Waals surface area (Å²) in [7, 11) is -3.23. The quantitative estimate of drug-likeness (QED) is 0.903. The first kappa shape index (κ1) is 14.1. The van der Waals surface area contributed by atoms with E-state index in [1.807, 2.05) is 0 Å². The number of nitrogens with one attached hydrogen (secondary N) is 1. The zero-order chi connectivity index (χ0) is 13.9. The summed E-state index contributed by atoms with van der Waals surface area (Å²) in [6.45, 7) is 2.05. The predicted molar refractivity (Wildman–Crippen MR) is 77.9 cm³/mol. The van der Waals surface area contributed by atoms with Crippen LogP contribution in [0.2, 0.25) is 0 Å². The minimum Gasteiger partial charge on any atom is -0.466 e. The number of halogens is 1. The summed E-state index contributed by atoms with van der Waals surface area (Å²) in [5, 5.41) is 3.09. The number of hydrogen-bond donors (Lipinski definition) is 1. The summed E-state index contributed by atoms with van der Waals surface area (Å²) in [4.78, 5) is 0.320. The van der Waals surface area contributed by atoms with Crippen molar-refractivity contribution in [2.75, 3.05) is 11.1 Å². The highest BCUT2D eigenvalue weighted by Gasteiger charge is 2.16. The first-order valence-corrected chi connectivity index (χ1v) is 8.26. The van der Waals surface area contributed by atoms with Crippen LogP contribution < -0.4 is 5.32 Å². The molecule has 1 N–H and O–H groups in total. The van der Waals surface area contributed by atoms with Crippen LogP contribution in [-0.2, 0) is 16.4 Å². The summed E-state index contributed by atoms with van der Waals surface area (Å²) in [6, 6.07) is 8.67. The Hall–Kier alpha value is -1.27. The smallest absolute Gasteiger partial charge is 0.180 e. The maximum absolute atomic E-state index is 12.0. The largest absolute Gasteiger partial charge is 0.466 e. The summed E-state index contributed by atoms with van der Waals surface area (Å²) in [6.07, 6.45) is 1.58. The number of anilines is 1. The molecule has 0 saturated carbocycles. The second-order valence-electron chi connectivity index (χ2n) is 3.94. The van der Waals surface area contributed by atoms with E-state index in [-0.39, 0.29) is 5.75 Å². The van der Waals surface area contributed by atoms with E-state index in [0.29, 0.717) is 17.1 Å². The summed E-state index contributed by atoms with van der Waals surface area (Å²) < 4.78 is 30.1. The fourth-order valence-corrected chi connectivity index (χ4v) is 3.08. The SMILES string of the molecule is CCS(=O)(=O)c1ccccc1NCc1occc1Br. The molecule has 0 bridgehead atoms. The van der Waals surface area contributed by atoms with Crippen molar-refractivity contribution in [3.63, 3.8) is 0 Å². The first-order valence-electron chi connectivity index (χ1n) is 5.82. The Morgan fingerprint density at radius 2 is 2.00 bits per heavy atom. The standard InChI is InChI=1S/C13H14BrNO3S/c1-2-19(16,17)13-6-4-3-5-11(13)15-9-12-10(14)7-8-18-12/h3-8,15H,2,9H2,1H3. The maximum atomic E-state index is 12.0. The van der Waals surface area contributed by atoms with Gasteiger partial charge in [0.25, 0.3) is 0 Å². The van der Waals surface area contributed by atoms with Crippen LogP contribution in [0.25, 0.3) is 0 Å². The number of para-hydroxylation sites is 1. The first-order chi connectivity index (χ1) is 9.04. The molecule has 1 aromatic carbocycles. The Morgan fingerprint density at radius 3 is 2.63 bits per heavy atom. The van der Waals surface area contributed by atoms with Crippen LogP contribution in [0.5, 0.6) is 0 Å². The van der Waals surface area contributed by atoms with Gasteiger partial charge in [-0.1, -0.05) is 19.1 Å². The minimum atomic E-state index is -3.23. The molecular formula is C13H14BrNO3S. The van der Waals surface area contributed by atoms with Crippen molar-refractivity contribution in [3.05, 3.63) is 46.8 Å². The van der Waals surface area contributed by atoms with E-state index in [4.69, 9.17) is 4.42 Å². The molecule has 0 fully saturated rings. The number of furan rings is 1. The van der Waals surface area contributed by atoms with E-state index in [0.717, 1.165) is 10.2 Å². The van der Waals surface area contributed by atoms with Gasteiger partial charge in [-0.2, -0.15) is 0 Å². The minimum absolute atomic E-state index is 0.0795. The zero-order valence-electron chi connectivity index (χ0n) is 10.4. The summed E-state index contributed by atoms with van der Waals surface area (Å²) in [5.74, 6) is 0.805. The molecule has 0 amide bonds. The Kier molecular flexibility index (Phi) is 4.31. The summed E-state index contributed by atoms with van der Waals surface area (Å²) in [5.41, 5.74) is 0.590. The highest BCUT2D eigenvalue weighted by atomic mass is 79.9. The molecule has 0 spiro atoms. The van der Waals surface area contributed by atoms with E-state index < -0.39 is 9.84 Å². The van der Waals surface area contributed by atoms with E-state index in [1.165, 1.54) is 0 Å². The van der Waals surface area contributed by atoms with Crippen molar-refractivity contribution in [2.24, 2.45) is 0 Å². The average molecular weight is 344 g/mol. The van der Waals surface area contributed by atoms with Gasteiger partial charge in [-0.25, -0.2) is 8.42 Å². The molecule has 0 aliphatic heterocycles. The molecule has 1 aromatic heterocycles. The van der Waals surface area contributed by atoms with Crippen LogP contribution in [0.15, 0.2) is 50.4 Å². The van der Waals surface area contributed by atoms with Crippen LogP contribution in [0.1, 0.15) is 12.7 Å². The summed E-state index contributed by atoms with van der Waals surface area (Å²) >= 11 is 3.36. The van der Waals surface area contributed by atoms with Gasteiger partial charge < -0.3 is 9.73 Å². The molecule has 19 heavy (non-hydrogen) atoms. The van der Waals surface area contributed by atoms with Crippen molar-refractivity contribution >= 4 is 31.5 Å². The second kappa shape index (κ2) is 5.79. The van der Waals surface area contributed by atoms with Gasteiger partial charge in [0.2, 0.25) is 0 Å². The Morgan fingerprint density at radius 1 is 1.26 bits per heavy atom. The average Bonchev–Trinajstić information content (AvgIpc) is 2.82. The van der Waals surface area contributed by atoms with Gasteiger partial charge in [0, 0.05) is 0 Å². The molecule has 0 radical (unpaired) electrons. The lowest BCUT2D eigenvalue weighted by Crippen LogP contribution is -2.09. The fraction of sp³-hybridized carbons (Fsp3) is 0.231. The third kappa shape index (κ3) is 3.19. The van der Waals surface area contributed by atoms with Gasteiger partial charge in [-0.05, 0) is 34.1 Å². The van der Waals surface area contributed by atoms with E-state index in [9.17, 15) is 8.42 Å². The molecule has 1 heterocycles. The molecule has 0 aliphatic carbocycles. The topological polar surface area (TPSA) is 59.3 Å². The molecule has 0 atom stereocenters. The van der Waals surface area contributed by atoms with Crippen molar-refractivity contribution in [2.45, 2.75) is 18.4 Å². The van der Waals surface area contributed by atoms with E-state index >= 15 is 0 Å². The molecule has 4 nitrogen and oxygen atoms in total. The van der Waals surface area contributed by atoms with Gasteiger partial charge in [-0.15, -0.1) is 0 Å². The highest BCUT2D eigenvalue weighted by Crippen LogP contribution is 2.24. The molecule has 6 heteroatoms. The van der Waals surface area contributed by atoms with Crippen molar-refractivity contribution in [1.29, 1.82) is 0 Å². The second-order valence-corrected chi connectivity index (χ2v) is 7.05. The molecule has 2 aromatic rings. The van der Waals surface area contributed by atoms with Crippen LogP contribution in [0.4, 0.5) is 5.69 Å². The monoisotopic (exact) mass is 343 g/mol. The van der Waals surface area contributed by atoms with Crippen LogP contribution in [-0.4, -0.2) is 14.2 Å². The number of rotatable bonds is 5. The Bertz CT molecular complexity index is 664. The van der Waals surface area contributed by atoms with Crippen molar-refractivity contribution < 1.29 is 12.8 Å². The zero-order valence-corrected chi connectivity index (χ0v) is 12.8. The predicted octanol–water partition coefficient (Wildman–Crippen LogP) is 3.45. The molecule has 2 rings (SSSR count). The third-order valence-corrected chi connectivity index (χ3v) is 5.23. The maximum Gasteiger partial charge on any atom is 0.180 e. The molecule has 0 aliphatic rings. The number of sulfone groups is 1. The van der Waals surface area contributed by atoms with Crippen molar-refractivity contribution in [3.8, 4) is 0 Å². The van der Waals surface area contributed by atoms with Gasteiger partial charge >= 0.3 is 0 Å². The normalized spacial score (nSPS) is 11.5. The van der Waals surface area contributed by atoms with E-state index in [1.54, 1.807) is 43.5 Å². The van der Waals surface area contributed by atoms with Crippen molar-refractivity contribution in [1.82, 2.24) is 0 Å². The van der Waals surface area contributed by atoms with Gasteiger partial charge in [0.1, 0.15) is 5.76 Å². The number of benzene rings is 1. The lowest BCUT2D eigenvalue weighted by atomic mass is 10.3. The molecular weight excluding hydrogens is 330 g/mol. The Balaban J connectivity index is 2.24. The van der Waals surface area contributed by atoms with E-state index in [2.05, 4.69) is 21.2 Å². The number of hydrogen-bond acceptors (Lipinski definition) is 4. The molecule has 0 unspecified atom stereocenters. The van der Waals surface area contributed by atoms with Gasteiger partial charge in [0.05, 0.1) is 33.6 Å². The van der Waals surface area contributed by atoms with Gasteiger partial charge in [0.15, 0.2) is 9.84 Å². The third-order valence-electron chi connectivity index (χ3n) is 2.73. The fourth-order valence-electron chi connectivity index (χ4n) is 1.67. The lowest BCUT2D eigenvalue weighted by molar-refractivity contribution is 0.515. The highest BCUT2D eigenvalue weighted by molar-refractivity contribution is 9.10. The van der Waals surface area contributed by atoms with Crippen LogP contribution in [0, 0.1) is 0 Å². The lowest BCUT2D eigenvalue weighted by Gasteiger charge is -2.10. The molecule has 0 saturated heterocycles. The molecule has 102 valence electrons.